The zero-order valence-electron chi connectivity index (χ0n) is 36.8. The van der Waals surface area contributed by atoms with Crippen molar-refractivity contribution in [3.8, 4) is 63.2 Å². The Labute approximate surface area is 392 Å². The average Bonchev–Trinajstić information content (AvgIpc) is 3.31. The van der Waals surface area contributed by atoms with Gasteiger partial charge >= 0.3 is 0 Å². The number of benzene rings is 6. The van der Waals surface area contributed by atoms with Gasteiger partial charge in [-0.15, -0.1) is 0 Å². The summed E-state index contributed by atoms with van der Waals surface area (Å²) in [6, 6.07) is 24.7. The first-order valence-electron chi connectivity index (χ1n) is 21.4. The molecule has 0 amide bonds. The first-order valence-corrected chi connectivity index (χ1v) is 23.3. The van der Waals surface area contributed by atoms with Crippen LogP contribution in [0.15, 0.2) is 84.9 Å². The number of aliphatic hydroxyl groups is 1. The van der Waals surface area contributed by atoms with Gasteiger partial charge in [0.25, 0.3) is 0 Å². The van der Waals surface area contributed by atoms with Crippen molar-refractivity contribution >= 4 is 37.9 Å². The molecule has 12 atom stereocenters. The number of hydrogen-bond donors (Lipinski definition) is 5. The monoisotopic (exact) mass is 968 g/mol. The van der Waals surface area contributed by atoms with E-state index >= 15 is 0 Å². The van der Waals surface area contributed by atoms with E-state index in [9.17, 15) is 25.5 Å². The number of aromatic hydroxyl groups is 4. The fourth-order valence-electron chi connectivity index (χ4n) is 10.2. The maximum Gasteiger partial charge on any atom is 0.165 e. The van der Waals surface area contributed by atoms with Gasteiger partial charge < -0.3 is 57.8 Å². The van der Waals surface area contributed by atoms with Crippen LogP contribution in [0.3, 0.4) is 0 Å². The van der Waals surface area contributed by atoms with E-state index in [0.29, 0.717) is 45.3 Å². The minimum atomic E-state index is -1.44. The lowest BCUT2D eigenvalue weighted by atomic mass is 9.70. The van der Waals surface area contributed by atoms with Gasteiger partial charge in [0.15, 0.2) is 29.1 Å². The van der Waals surface area contributed by atoms with Gasteiger partial charge in [0.1, 0.15) is 58.6 Å². The highest BCUT2D eigenvalue weighted by atomic mass is 31.0. The van der Waals surface area contributed by atoms with Crippen molar-refractivity contribution in [2.45, 2.75) is 77.3 Å². The Morgan fingerprint density at radius 3 is 1.83 bits per heavy atom. The van der Waals surface area contributed by atoms with Crippen molar-refractivity contribution in [1.82, 2.24) is 0 Å². The predicted molar refractivity (Wildman–Crippen MR) is 263 cm³/mol. The van der Waals surface area contributed by atoms with Crippen LogP contribution in [-0.4, -0.2) is 31.6 Å². The molecule has 16 heteroatoms. The number of phenolic OH excluding ortho intramolecular Hbond substituents is 4. The maximum absolute atomic E-state index is 12.9. The molecule has 0 radical (unpaired) electrons. The van der Waals surface area contributed by atoms with Crippen LogP contribution >= 0.6 is 37.9 Å². The maximum atomic E-state index is 12.9. The lowest BCUT2D eigenvalue weighted by Gasteiger charge is -2.44. The number of phenols is 4. The zero-order chi connectivity index (χ0) is 46.9. The van der Waals surface area contributed by atoms with Gasteiger partial charge in [0, 0.05) is 58.2 Å². The van der Waals surface area contributed by atoms with E-state index in [2.05, 4.69) is 89.8 Å². The largest absolute Gasteiger partial charge is 0.507 e. The molecule has 344 valence electrons. The molecule has 12 nitrogen and oxygen atoms in total. The van der Waals surface area contributed by atoms with Crippen LogP contribution in [-0.2, 0) is 6.42 Å². The van der Waals surface area contributed by atoms with Crippen molar-refractivity contribution in [2.24, 2.45) is 11.8 Å². The number of aryl methyl sites for hydroxylation is 3. The molecule has 3 aliphatic heterocycles. The van der Waals surface area contributed by atoms with Crippen molar-refractivity contribution < 1.29 is 57.8 Å². The lowest BCUT2D eigenvalue weighted by molar-refractivity contribution is 0.00577. The first-order chi connectivity index (χ1) is 31.7. The minimum absolute atomic E-state index is 0.106. The van der Waals surface area contributed by atoms with E-state index in [1.54, 1.807) is 36.4 Å². The van der Waals surface area contributed by atoms with Crippen LogP contribution in [0.1, 0.15) is 105 Å². The van der Waals surface area contributed by atoms with Gasteiger partial charge in [0.2, 0.25) is 0 Å². The summed E-state index contributed by atoms with van der Waals surface area (Å²) in [6.45, 7) is 10.5. The third kappa shape index (κ3) is 7.79. The second-order valence-corrected chi connectivity index (χ2v) is 18.5. The topological polar surface area (TPSA) is 166 Å². The van der Waals surface area contributed by atoms with E-state index < -0.39 is 36.1 Å². The molecule has 6 aromatic rings. The highest BCUT2D eigenvalue weighted by molar-refractivity contribution is 7.11. The van der Waals surface area contributed by atoms with Gasteiger partial charge in [-0.05, 0) is 90.4 Å². The Balaban J connectivity index is 1.30. The average molecular weight is 969 g/mol. The molecule has 3 heterocycles. The Morgan fingerprint density at radius 2 is 1.15 bits per heavy atom. The molecule has 0 spiro atoms. The number of ether oxygens (including phenoxy) is 3. The highest BCUT2D eigenvalue weighted by Gasteiger charge is 2.49. The standard InChI is InChI=1S/C50H52O12P4/c1-21-6-8-26(14-23(21)3)46-24(4)15-31-22(2)7-11-30(49(31)57-46)40-25(5)47(27-9-12-32(51)33(52)16-27)58-50-41(40)34(53)20-35(54)42(50)44-43-38(18-29(59-63)19-39(43)62-66)56-48(45(44)55)28-10-13-36(60-64)37(17-28)61-65/h6-14,16-20,24-25,40,44-48,51-55H,15,63-66H2,1-5H3. The molecule has 66 heavy (non-hydrogen) atoms. The van der Waals surface area contributed by atoms with Gasteiger partial charge in [-0.25, -0.2) is 0 Å². The molecule has 0 aliphatic carbocycles. The van der Waals surface area contributed by atoms with Crippen molar-refractivity contribution in [3.05, 3.63) is 146 Å². The van der Waals surface area contributed by atoms with Crippen molar-refractivity contribution in [1.29, 1.82) is 0 Å². The minimum Gasteiger partial charge on any atom is -0.507 e. The van der Waals surface area contributed by atoms with Crippen LogP contribution in [0, 0.1) is 32.6 Å². The fourth-order valence-corrected chi connectivity index (χ4v) is 10.9. The van der Waals surface area contributed by atoms with Crippen LogP contribution in [0.2, 0.25) is 0 Å². The summed E-state index contributed by atoms with van der Waals surface area (Å²) in [5.74, 6) is -0.885. The van der Waals surface area contributed by atoms with Gasteiger partial charge in [-0.3, -0.25) is 0 Å². The van der Waals surface area contributed by atoms with E-state index in [1.807, 2.05) is 13.0 Å². The molecule has 6 aromatic carbocycles. The van der Waals surface area contributed by atoms with Crippen LogP contribution in [0.25, 0.3) is 0 Å². The molecular weight excluding hydrogens is 916 g/mol. The van der Waals surface area contributed by atoms with Crippen molar-refractivity contribution in [3.63, 3.8) is 0 Å². The molecular formula is C50H52O12P4. The summed E-state index contributed by atoms with van der Waals surface area (Å²) in [5, 5.41) is 58.8. The smallest absolute Gasteiger partial charge is 0.165 e. The van der Waals surface area contributed by atoms with E-state index in [-0.39, 0.29) is 57.8 Å². The van der Waals surface area contributed by atoms with Gasteiger partial charge in [0.05, 0.1) is 43.8 Å². The molecule has 0 fully saturated rings. The van der Waals surface area contributed by atoms with E-state index in [0.717, 1.165) is 28.7 Å². The molecule has 12 unspecified atom stereocenters. The normalized spacial score (nSPS) is 22.9. The molecule has 0 saturated heterocycles. The lowest BCUT2D eigenvalue weighted by Crippen LogP contribution is -2.37. The van der Waals surface area contributed by atoms with Crippen LogP contribution in [0.4, 0.5) is 0 Å². The van der Waals surface area contributed by atoms with Crippen LogP contribution < -0.4 is 32.3 Å². The predicted octanol–water partition coefficient (Wildman–Crippen LogP) is 11.0. The first kappa shape index (κ1) is 45.9. The summed E-state index contributed by atoms with van der Waals surface area (Å²) in [4.78, 5) is 0. The molecule has 9 rings (SSSR count). The number of aliphatic hydroxyl groups excluding tert-OH is 1. The SMILES string of the molecule is Cc1ccc(C2Oc3c(C4c5c(O)cc(O)c(C6c7c(OP)cc(OP)cc7OC(c7ccc(OP)c(OP)c7)C6O)c5OC(c5ccc(O)c(O)c5)C4C)ccc(C)c3CC2C)cc1C. The fraction of sp³-hybridized carbons (Fsp3) is 0.280. The Morgan fingerprint density at radius 1 is 0.515 bits per heavy atom. The molecule has 3 aliphatic rings. The van der Waals surface area contributed by atoms with E-state index in [1.165, 1.54) is 29.3 Å². The molecule has 0 bridgehead atoms. The molecule has 0 saturated carbocycles. The number of fused-ring (bicyclic) bond motifs is 3. The molecule has 5 N–H and O–H groups in total. The summed E-state index contributed by atoms with van der Waals surface area (Å²) in [6.07, 6.45) is -2.90. The highest BCUT2D eigenvalue weighted by Crippen LogP contribution is 2.62. The summed E-state index contributed by atoms with van der Waals surface area (Å²) in [5.41, 5.74) is 8.23. The summed E-state index contributed by atoms with van der Waals surface area (Å²) in [7, 11) is 8.84. The molecule has 0 aromatic heterocycles. The number of rotatable bonds is 9. The summed E-state index contributed by atoms with van der Waals surface area (Å²) >= 11 is 0. The van der Waals surface area contributed by atoms with Crippen molar-refractivity contribution in [2.75, 3.05) is 0 Å². The number of hydrogen-bond acceptors (Lipinski definition) is 12. The second-order valence-electron chi connectivity index (χ2n) is 17.6. The zero-order valence-corrected chi connectivity index (χ0v) is 41.4. The Hall–Kier alpha value is -5.20. The van der Waals surface area contributed by atoms with Gasteiger partial charge in [-0.1, -0.05) is 56.3 Å². The van der Waals surface area contributed by atoms with Crippen LogP contribution in [0.5, 0.6) is 63.2 Å². The third-order valence-corrected chi connectivity index (χ3v) is 14.7. The second kappa shape index (κ2) is 18.1. The quantitative estimate of drug-likeness (QED) is 0.0689. The summed E-state index contributed by atoms with van der Waals surface area (Å²) < 4.78 is 43.4. The van der Waals surface area contributed by atoms with Gasteiger partial charge in [-0.2, -0.15) is 0 Å². The Kier molecular flexibility index (Phi) is 12.6. The third-order valence-electron chi connectivity index (χ3n) is 13.6. The Bertz CT molecular complexity index is 2870. The van der Waals surface area contributed by atoms with E-state index in [4.69, 9.17) is 32.3 Å².